The van der Waals surface area contributed by atoms with Crippen LogP contribution < -0.4 is 10.1 Å². The Morgan fingerprint density at radius 3 is 2.81 bits per heavy atom. The van der Waals surface area contributed by atoms with Gasteiger partial charge in [-0.05, 0) is 40.0 Å². The van der Waals surface area contributed by atoms with Crippen LogP contribution >= 0.6 is 15.9 Å². The Kier molecular flexibility index (Phi) is 5.41. The molecule has 0 aliphatic heterocycles. The topological polar surface area (TPSA) is 67.0 Å². The number of hydrogen-bond acceptors (Lipinski definition) is 3. The largest absolute Gasteiger partial charge is 0.481 e. The molecule has 0 bridgehead atoms. The number of halogens is 1. The molecule has 108 valence electrons. The van der Waals surface area contributed by atoms with Crippen LogP contribution in [-0.4, -0.2) is 29.3 Å². The second-order valence-corrected chi connectivity index (χ2v) is 5.09. The normalized spacial score (nSPS) is 9.90. The quantitative estimate of drug-likeness (QED) is 0.787. The lowest BCUT2D eigenvalue weighted by molar-refractivity contribution is 0.0948. The van der Waals surface area contributed by atoms with Crippen molar-refractivity contribution in [2.24, 2.45) is 0 Å². The minimum absolute atomic E-state index is 0.187. The lowest BCUT2D eigenvalue weighted by Crippen LogP contribution is -2.26. The molecular formula is C15H14BrN3O2. The summed E-state index contributed by atoms with van der Waals surface area (Å²) in [4.78, 5) is 11.8. The number of rotatable bonds is 6. The maximum absolute atomic E-state index is 11.8. The molecule has 0 atom stereocenters. The van der Waals surface area contributed by atoms with E-state index in [1.54, 1.807) is 6.20 Å². The van der Waals surface area contributed by atoms with Crippen LogP contribution in [-0.2, 0) is 6.42 Å². The fraction of sp³-hybridized carbons (Fsp3) is 0.200. The van der Waals surface area contributed by atoms with Crippen molar-refractivity contribution in [1.29, 1.82) is 0 Å². The zero-order valence-corrected chi connectivity index (χ0v) is 12.8. The van der Waals surface area contributed by atoms with Crippen molar-refractivity contribution in [1.82, 2.24) is 15.5 Å². The molecule has 0 fully saturated rings. The minimum atomic E-state index is -0.187. The summed E-state index contributed by atoms with van der Waals surface area (Å²) in [6.45, 7) is 0.795. The number of aromatic amines is 1. The Balaban J connectivity index is 1.80. The van der Waals surface area contributed by atoms with Gasteiger partial charge in [0.2, 0.25) is 0 Å². The Morgan fingerprint density at radius 1 is 1.43 bits per heavy atom. The first-order valence-electron chi connectivity index (χ1n) is 6.33. The number of H-pyrrole nitrogens is 1. The summed E-state index contributed by atoms with van der Waals surface area (Å²) >= 11 is 3.25. The number of aromatic nitrogens is 2. The molecule has 0 radical (unpaired) electrons. The Hall–Kier alpha value is -2.26. The van der Waals surface area contributed by atoms with Crippen molar-refractivity contribution in [3.05, 3.63) is 46.2 Å². The van der Waals surface area contributed by atoms with Crippen molar-refractivity contribution in [2.75, 3.05) is 13.2 Å². The van der Waals surface area contributed by atoms with E-state index in [0.29, 0.717) is 16.7 Å². The number of carbonyl (C=O) groups excluding carboxylic acids is 1. The van der Waals surface area contributed by atoms with E-state index in [1.165, 1.54) is 0 Å². The monoisotopic (exact) mass is 347 g/mol. The molecule has 2 rings (SSSR count). The molecule has 5 nitrogen and oxygen atoms in total. The smallest absolute Gasteiger partial charge is 0.270 e. The van der Waals surface area contributed by atoms with E-state index in [1.807, 2.05) is 24.3 Å². The van der Waals surface area contributed by atoms with Gasteiger partial charge in [-0.1, -0.05) is 18.1 Å². The highest BCUT2D eigenvalue weighted by molar-refractivity contribution is 9.10. The number of carbonyl (C=O) groups is 1. The summed E-state index contributed by atoms with van der Waals surface area (Å²) in [5.74, 6) is 2.97. The van der Waals surface area contributed by atoms with Crippen molar-refractivity contribution in [3.63, 3.8) is 0 Å². The molecule has 1 aromatic carbocycles. The average Bonchev–Trinajstić information content (AvgIpc) is 2.92. The molecule has 0 aliphatic rings. The second-order valence-electron chi connectivity index (χ2n) is 4.24. The van der Waals surface area contributed by atoms with Crippen LogP contribution in [0.5, 0.6) is 5.75 Å². The molecule has 0 saturated carbocycles. The fourth-order valence-corrected chi connectivity index (χ4v) is 2.09. The Morgan fingerprint density at radius 2 is 2.19 bits per heavy atom. The first-order chi connectivity index (χ1) is 10.2. The van der Waals surface area contributed by atoms with Gasteiger partial charge in [0.15, 0.2) is 0 Å². The third kappa shape index (κ3) is 4.36. The number of benzene rings is 1. The van der Waals surface area contributed by atoms with Gasteiger partial charge in [-0.3, -0.25) is 9.89 Å². The van der Waals surface area contributed by atoms with Gasteiger partial charge in [0, 0.05) is 6.54 Å². The van der Waals surface area contributed by atoms with Crippen LogP contribution in [0.3, 0.4) is 0 Å². The van der Waals surface area contributed by atoms with Gasteiger partial charge < -0.3 is 10.1 Å². The molecule has 2 aromatic rings. The van der Waals surface area contributed by atoms with Crippen LogP contribution in [0.4, 0.5) is 0 Å². The zero-order chi connectivity index (χ0) is 15.1. The van der Waals surface area contributed by atoms with Crippen LogP contribution in [0, 0.1) is 12.3 Å². The first-order valence-corrected chi connectivity index (χ1v) is 7.12. The highest BCUT2D eigenvalue weighted by Gasteiger charge is 2.10. The zero-order valence-electron chi connectivity index (χ0n) is 11.2. The van der Waals surface area contributed by atoms with Crippen LogP contribution in [0.1, 0.15) is 16.1 Å². The number of nitrogens with zero attached hydrogens (tertiary/aromatic N) is 1. The molecule has 0 spiro atoms. The van der Waals surface area contributed by atoms with Gasteiger partial charge in [-0.25, -0.2) is 0 Å². The lowest BCUT2D eigenvalue weighted by Gasteiger charge is -2.06. The molecule has 1 amide bonds. The fourth-order valence-electron chi connectivity index (χ4n) is 1.72. The van der Waals surface area contributed by atoms with Gasteiger partial charge in [-0.2, -0.15) is 5.10 Å². The molecule has 1 aromatic heterocycles. The first kappa shape index (κ1) is 15.1. The molecule has 0 unspecified atom stereocenters. The summed E-state index contributed by atoms with van der Waals surface area (Å²) < 4.78 is 5.94. The van der Waals surface area contributed by atoms with Gasteiger partial charge in [0.25, 0.3) is 5.91 Å². The predicted molar refractivity (Wildman–Crippen MR) is 83.1 cm³/mol. The van der Waals surface area contributed by atoms with E-state index in [0.717, 1.165) is 17.7 Å². The predicted octanol–water partition coefficient (Wildman–Crippen LogP) is 2.16. The van der Waals surface area contributed by atoms with Crippen LogP contribution in [0.15, 0.2) is 34.9 Å². The van der Waals surface area contributed by atoms with Crippen molar-refractivity contribution < 1.29 is 9.53 Å². The Bertz CT molecular complexity index is 644. The second kappa shape index (κ2) is 7.50. The maximum atomic E-state index is 11.8. The number of terminal acetylenes is 1. The lowest BCUT2D eigenvalue weighted by atomic mass is 10.1. The Labute approximate surface area is 131 Å². The van der Waals surface area contributed by atoms with Crippen molar-refractivity contribution >= 4 is 21.8 Å². The number of hydrogen-bond donors (Lipinski definition) is 2. The summed E-state index contributed by atoms with van der Waals surface area (Å²) in [5, 5.41) is 9.25. The van der Waals surface area contributed by atoms with Gasteiger partial charge in [-0.15, -0.1) is 6.42 Å². The molecule has 0 aliphatic carbocycles. The number of amides is 1. The van der Waals surface area contributed by atoms with E-state index in [9.17, 15) is 4.79 Å². The van der Waals surface area contributed by atoms with Crippen molar-refractivity contribution in [2.45, 2.75) is 6.42 Å². The standard InChI is InChI=1S/C15H14BrN3O2/c1-2-9-21-12-5-3-11(4-6-12)7-8-17-15(20)14-13(16)10-18-19-14/h1,3-6,10H,7-9H2,(H,17,20)(H,18,19). The van der Waals surface area contributed by atoms with Crippen LogP contribution in [0.2, 0.25) is 0 Å². The average molecular weight is 348 g/mol. The minimum Gasteiger partial charge on any atom is -0.481 e. The van der Waals surface area contributed by atoms with E-state index >= 15 is 0 Å². The maximum Gasteiger partial charge on any atom is 0.270 e. The van der Waals surface area contributed by atoms with E-state index < -0.39 is 0 Å². The van der Waals surface area contributed by atoms with Gasteiger partial charge in [0.05, 0.1) is 10.7 Å². The molecule has 1 heterocycles. The molecule has 6 heteroatoms. The number of ether oxygens (including phenoxy) is 1. The third-order valence-electron chi connectivity index (χ3n) is 2.76. The number of nitrogens with one attached hydrogen (secondary N) is 2. The highest BCUT2D eigenvalue weighted by Crippen LogP contribution is 2.13. The van der Waals surface area contributed by atoms with Gasteiger partial charge in [0.1, 0.15) is 18.1 Å². The molecular weight excluding hydrogens is 334 g/mol. The summed E-state index contributed by atoms with van der Waals surface area (Å²) in [6.07, 6.45) is 7.40. The SMILES string of the molecule is C#CCOc1ccc(CCNC(=O)c2[nH]ncc2Br)cc1. The van der Waals surface area contributed by atoms with Crippen molar-refractivity contribution in [3.8, 4) is 18.1 Å². The van der Waals surface area contributed by atoms with E-state index in [4.69, 9.17) is 11.2 Å². The summed E-state index contributed by atoms with van der Waals surface area (Å²) in [7, 11) is 0. The van der Waals surface area contributed by atoms with E-state index in [2.05, 4.69) is 37.4 Å². The summed E-state index contributed by atoms with van der Waals surface area (Å²) in [6, 6.07) is 7.62. The van der Waals surface area contributed by atoms with Gasteiger partial charge >= 0.3 is 0 Å². The third-order valence-corrected chi connectivity index (χ3v) is 3.37. The molecule has 2 N–H and O–H groups in total. The highest BCUT2D eigenvalue weighted by atomic mass is 79.9. The van der Waals surface area contributed by atoms with E-state index in [-0.39, 0.29) is 12.5 Å². The van der Waals surface area contributed by atoms with Crippen LogP contribution in [0.25, 0.3) is 0 Å². The molecule has 0 saturated heterocycles. The molecule has 21 heavy (non-hydrogen) atoms. The summed E-state index contributed by atoms with van der Waals surface area (Å²) in [5.41, 5.74) is 1.53.